The van der Waals surface area contributed by atoms with Gasteiger partial charge in [-0.15, -0.1) is 68.6 Å². The first-order valence-electron chi connectivity index (χ1n) is 16.7. The molecule has 0 atom stereocenters. The molecule has 0 spiro atoms. The summed E-state index contributed by atoms with van der Waals surface area (Å²) >= 11 is -0.826. The quantitative estimate of drug-likeness (QED) is 0.124. The third-order valence-corrected chi connectivity index (χ3v) is 8.85. The average Bonchev–Trinajstić information content (AvgIpc) is 3.74. The van der Waals surface area contributed by atoms with E-state index in [1.807, 2.05) is 0 Å². The molecule has 244 valence electrons. The van der Waals surface area contributed by atoms with Crippen molar-refractivity contribution in [2.24, 2.45) is 0 Å². The van der Waals surface area contributed by atoms with Gasteiger partial charge >= 0.3 is 37.9 Å². The molecule has 0 aliphatic rings. The van der Waals surface area contributed by atoms with E-state index < -0.39 is 20.8 Å². The Labute approximate surface area is 313 Å². The van der Waals surface area contributed by atoms with E-state index in [4.69, 9.17) is 17.0 Å². The molecule has 49 heavy (non-hydrogen) atoms. The maximum atomic E-state index is 4.93. The Morgan fingerprint density at radius 2 is 1.02 bits per heavy atom. The minimum absolute atomic E-state index is 0.563. The average molecular weight is 773 g/mol. The summed E-state index contributed by atoms with van der Waals surface area (Å²) in [5.41, 5.74) is 9.42. The number of hydrogen-bond donors (Lipinski definition) is 0. The van der Waals surface area contributed by atoms with Gasteiger partial charge in [-0.3, -0.25) is 0 Å². The van der Waals surface area contributed by atoms with Gasteiger partial charge in [-0.05, 0) is 38.6 Å². The maximum absolute atomic E-state index is 4.93. The van der Waals surface area contributed by atoms with Crippen molar-refractivity contribution in [2.45, 2.75) is 46.7 Å². The molecule has 0 heterocycles. The Balaban J connectivity index is 0.000000165. The molecule has 0 nitrogen and oxygen atoms in total. The van der Waals surface area contributed by atoms with Crippen LogP contribution in [0, 0.1) is 13.8 Å². The summed E-state index contributed by atoms with van der Waals surface area (Å²) in [7, 11) is 11.0. The van der Waals surface area contributed by atoms with Crippen LogP contribution in [0.5, 0.6) is 0 Å². The molecule has 0 aliphatic heterocycles. The van der Waals surface area contributed by atoms with Crippen LogP contribution in [0.3, 0.4) is 0 Å². The third-order valence-electron chi connectivity index (χ3n) is 8.85. The molecule has 2 radical (unpaired) electrons. The summed E-state index contributed by atoms with van der Waals surface area (Å²) in [6, 6.07) is 50.8. The van der Waals surface area contributed by atoms with Crippen LogP contribution in [0.25, 0.3) is 65.3 Å². The van der Waals surface area contributed by atoms with Crippen molar-refractivity contribution < 1.29 is 20.8 Å². The van der Waals surface area contributed by atoms with Gasteiger partial charge in [0.25, 0.3) is 0 Å². The fourth-order valence-electron chi connectivity index (χ4n) is 6.57. The number of aryl methyl sites for hydroxylation is 2. The predicted molar refractivity (Wildman–Crippen MR) is 218 cm³/mol. The predicted octanol–water partition coefficient (Wildman–Crippen LogP) is 14.7. The molecular formula is C45H42Cl2SiZr. The second-order valence-corrected chi connectivity index (χ2v) is 17.4. The minimum atomic E-state index is -0.826. The Morgan fingerprint density at radius 3 is 1.57 bits per heavy atom. The zero-order valence-corrected chi connectivity index (χ0v) is 34.1. The third kappa shape index (κ3) is 8.56. The van der Waals surface area contributed by atoms with Crippen LogP contribution in [0.15, 0.2) is 140 Å². The fraction of sp³-hybridized carbons (Fsp3) is 0.156. The van der Waals surface area contributed by atoms with Gasteiger partial charge < -0.3 is 0 Å². The van der Waals surface area contributed by atoms with Crippen molar-refractivity contribution >= 4 is 69.6 Å². The molecule has 0 aliphatic carbocycles. The summed E-state index contributed by atoms with van der Waals surface area (Å²) < 4.78 is 0. The molecule has 0 N–H and O–H groups in total. The van der Waals surface area contributed by atoms with E-state index in [1.165, 1.54) is 82.0 Å². The first-order valence-corrected chi connectivity index (χ1v) is 25.0. The van der Waals surface area contributed by atoms with Gasteiger partial charge in [-0.1, -0.05) is 149 Å². The van der Waals surface area contributed by atoms with Crippen molar-refractivity contribution in [2.75, 3.05) is 0 Å². The topological polar surface area (TPSA) is 0 Å². The molecule has 0 saturated carbocycles. The van der Waals surface area contributed by atoms with Crippen molar-refractivity contribution in [3.05, 3.63) is 156 Å². The van der Waals surface area contributed by atoms with Crippen LogP contribution in [-0.4, -0.2) is 9.52 Å². The van der Waals surface area contributed by atoms with E-state index in [9.17, 15) is 0 Å². The van der Waals surface area contributed by atoms with E-state index in [1.54, 1.807) is 0 Å². The molecule has 8 aromatic carbocycles. The molecule has 0 bridgehead atoms. The van der Waals surface area contributed by atoms with Crippen molar-refractivity contribution in [3.8, 4) is 22.3 Å². The Kier molecular flexibility index (Phi) is 13.3. The van der Waals surface area contributed by atoms with Gasteiger partial charge in [0.05, 0.1) is 0 Å². The number of benzene rings is 6. The molecule has 0 aromatic heterocycles. The number of halogens is 2. The van der Waals surface area contributed by atoms with Crippen LogP contribution in [0.4, 0.5) is 0 Å². The summed E-state index contributed by atoms with van der Waals surface area (Å²) in [6.07, 6.45) is 0. The van der Waals surface area contributed by atoms with E-state index in [-0.39, 0.29) is 0 Å². The number of fused-ring (bicyclic) bond motifs is 4. The molecule has 0 saturated heterocycles. The van der Waals surface area contributed by atoms with Gasteiger partial charge in [0.15, 0.2) is 0 Å². The molecule has 8 aromatic rings. The van der Waals surface area contributed by atoms with Crippen LogP contribution in [0.1, 0.15) is 36.5 Å². The summed E-state index contributed by atoms with van der Waals surface area (Å²) in [5.74, 6) is 0.563. The van der Waals surface area contributed by atoms with Gasteiger partial charge in [0, 0.05) is 9.52 Å². The van der Waals surface area contributed by atoms with Crippen LogP contribution in [-0.2, 0) is 20.8 Å². The zero-order valence-electron chi connectivity index (χ0n) is 29.1. The van der Waals surface area contributed by atoms with E-state index in [2.05, 4.69) is 180 Å². The summed E-state index contributed by atoms with van der Waals surface area (Å²) in [4.78, 5) is 0. The van der Waals surface area contributed by atoms with E-state index >= 15 is 0 Å². The molecule has 0 amide bonds. The molecular weight excluding hydrogens is 731 g/mol. The van der Waals surface area contributed by atoms with Gasteiger partial charge in [-0.2, -0.15) is 12.1 Å². The van der Waals surface area contributed by atoms with Crippen LogP contribution in [0.2, 0.25) is 13.1 Å². The Bertz CT molecular complexity index is 2280. The number of rotatable bonds is 3. The zero-order chi connectivity index (χ0) is 34.9. The van der Waals surface area contributed by atoms with Crippen LogP contribution >= 0.6 is 17.0 Å². The monoisotopic (exact) mass is 770 g/mol. The van der Waals surface area contributed by atoms with E-state index in [0.717, 1.165) is 9.52 Å². The first kappa shape index (κ1) is 37.0. The normalized spacial score (nSPS) is 10.6. The summed E-state index contributed by atoms with van der Waals surface area (Å²) in [6.45, 7) is 13.2. The van der Waals surface area contributed by atoms with Crippen molar-refractivity contribution in [1.82, 2.24) is 0 Å². The van der Waals surface area contributed by atoms with Gasteiger partial charge in [0.1, 0.15) is 0 Å². The van der Waals surface area contributed by atoms with Crippen molar-refractivity contribution in [3.63, 3.8) is 0 Å². The second-order valence-electron chi connectivity index (χ2n) is 12.7. The molecule has 0 fully saturated rings. The van der Waals surface area contributed by atoms with Gasteiger partial charge in [0.2, 0.25) is 0 Å². The second kappa shape index (κ2) is 17.6. The van der Waals surface area contributed by atoms with Gasteiger partial charge in [-0.25, -0.2) is 0 Å². The fourth-order valence-corrected chi connectivity index (χ4v) is 6.57. The summed E-state index contributed by atoms with van der Waals surface area (Å²) in [5, 5.41) is 10.7. The SMILES string of the molecule is CC(C)c1cc2c(-c3cccc4ccccc34)cccc2[cH-]1.C[Si]C.Cc1cc2c(-c3cccc4ccccc34)ccc(C)c2[cH-]1.[Cl][Zr+2][Cl]. The molecule has 4 heteroatoms. The first-order chi connectivity index (χ1) is 23.8. The van der Waals surface area contributed by atoms with Crippen molar-refractivity contribution in [1.29, 1.82) is 0 Å². The molecule has 0 unspecified atom stereocenters. The molecule has 8 rings (SSSR count). The Morgan fingerprint density at radius 1 is 0.551 bits per heavy atom. The Hall–Kier alpha value is -3.26. The standard InChI is InChI=1S/C22H19.C21H17.C2H6Si.2ClH.Zr/c1-15(2)18-13-17-9-6-12-21(22(17)14-18)20-11-5-8-16-7-3-4-10-19(16)20;1-14-12-20-15(2)10-11-19(21(20)13-14)18-9-5-7-16-6-3-4-8-17(16)18;1-3-2;;;/h3-15H,1-2H3;3-13H,1-2H3;1-2H3;2*1H;/q2*-1;;;;+4/p-2. The van der Waals surface area contributed by atoms with Crippen LogP contribution < -0.4 is 0 Å². The van der Waals surface area contributed by atoms with E-state index in [0.29, 0.717) is 5.92 Å². The number of hydrogen-bond acceptors (Lipinski definition) is 0.